The molecule has 2 heterocycles. The van der Waals surface area contributed by atoms with Crippen LogP contribution in [0.5, 0.6) is 11.5 Å². The van der Waals surface area contributed by atoms with Crippen LogP contribution in [0.2, 0.25) is 0 Å². The van der Waals surface area contributed by atoms with Crippen LogP contribution in [0, 0.1) is 0 Å². The van der Waals surface area contributed by atoms with Crippen LogP contribution in [0.4, 0.5) is 0 Å². The summed E-state index contributed by atoms with van der Waals surface area (Å²) in [6.07, 6.45) is 3.33. The van der Waals surface area contributed by atoms with Crippen LogP contribution in [0.3, 0.4) is 0 Å². The van der Waals surface area contributed by atoms with Gasteiger partial charge in [0.15, 0.2) is 21.3 Å². The Labute approximate surface area is 167 Å². The standard InChI is InChI=1S/C20H30N2O5S/c1-3-26-18-9-8-15(12-19(18)27-4-2)20(23)21-16-13-28(24,25)14-17(16)22-10-6-5-7-11-22/h8-9,12,16-17H,3-7,10-11,13-14H2,1-2H3,(H,21,23). The lowest BCUT2D eigenvalue weighted by atomic mass is 10.0. The number of piperidine rings is 1. The third-order valence-electron chi connectivity index (χ3n) is 5.30. The molecule has 28 heavy (non-hydrogen) atoms. The van der Waals surface area contributed by atoms with Crippen molar-refractivity contribution in [1.82, 2.24) is 10.2 Å². The minimum Gasteiger partial charge on any atom is -0.490 e. The molecule has 2 unspecified atom stereocenters. The summed E-state index contributed by atoms with van der Waals surface area (Å²) < 4.78 is 35.6. The Morgan fingerprint density at radius 2 is 1.75 bits per heavy atom. The quantitative estimate of drug-likeness (QED) is 0.739. The van der Waals surface area contributed by atoms with Crippen LogP contribution in [0.15, 0.2) is 18.2 Å². The zero-order chi connectivity index (χ0) is 20.1. The number of benzene rings is 1. The molecule has 8 heteroatoms. The number of carbonyl (C=O) groups excluding carboxylic acids is 1. The number of ether oxygens (including phenoxy) is 2. The number of hydrogen-bond acceptors (Lipinski definition) is 6. The predicted octanol–water partition coefficient (Wildman–Crippen LogP) is 1.87. The second-order valence-electron chi connectivity index (χ2n) is 7.35. The maximum atomic E-state index is 12.8. The smallest absolute Gasteiger partial charge is 0.251 e. The minimum absolute atomic E-state index is 0.00471. The topological polar surface area (TPSA) is 84.9 Å². The number of likely N-dealkylation sites (tertiary alicyclic amines) is 1. The molecule has 1 aromatic carbocycles. The summed E-state index contributed by atoms with van der Waals surface area (Å²) in [4.78, 5) is 15.1. The summed E-state index contributed by atoms with van der Waals surface area (Å²) >= 11 is 0. The highest BCUT2D eigenvalue weighted by Crippen LogP contribution is 2.29. The Morgan fingerprint density at radius 3 is 2.43 bits per heavy atom. The summed E-state index contributed by atoms with van der Waals surface area (Å²) in [5, 5.41) is 2.96. The number of sulfone groups is 1. The van der Waals surface area contributed by atoms with Crippen LogP contribution in [-0.2, 0) is 9.84 Å². The average molecular weight is 411 g/mol. The van der Waals surface area contributed by atoms with Gasteiger partial charge in [-0.3, -0.25) is 9.69 Å². The lowest BCUT2D eigenvalue weighted by molar-refractivity contribution is 0.0899. The summed E-state index contributed by atoms with van der Waals surface area (Å²) in [5.74, 6) is 0.938. The third-order valence-corrected chi connectivity index (χ3v) is 7.02. The van der Waals surface area contributed by atoms with Gasteiger partial charge in [0.1, 0.15) is 0 Å². The van der Waals surface area contributed by atoms with Gasteiger partial charge in [-0.1, -0.05) is 6.42 Å². The lowest BCUT2D eigenvalue weighted by Crippen LogP contribution is -2.52. The van der Waals surface area contributed by atoms with Crippen molar-refractivity contribution in [3.05, 3.63) is 23.8 Å². The number of hydrogen-bond donors (Lipinski definition) is 1. The van der Waals surface area contributed by atoms with Crippen LogP contribution >= 0.6 is 0 Å². The SMILES string of the molecule is CCOc1ccc(C(=O)NC2CS(=O)(=O)CC2N2CCCCC2)cc1OCC. The fourth-order valence-corrected chi connectivity index (χ4v) is 5.97. The van der Waals surface area contributed by atoms with Gasteiger partial charge in [0.05, 0.1) is 30.8 Å². The molecule has 0 radical (unpaired) electrons. The number of nitrogens with zero attached hydrogens (tertiary/aromatic N) is 1. The molecule has 2 atom stereocenters. The zero-order valence-electron chi connectivity index (χ0n) is 16.6. The molecule has 2 saturated heterocycles. The van der Waals surface area contributed by atoms with E-state index in [9.17, 15) is 13.2 Å². The monoisotopic (exact) mass is 410 g/mol. The van der Waals surface area contributed by atoms with Gasteiger partial charge >= 0.3 is 0 Å². The van der Waals surface area contributed by atoms with Crippen molar-refractivity contribution in [1.29, 1.82) is 0 Å². The van der Waals surface area contributed by atoms with Crippen molar-refractivity contribution in [3.8, 4) is 11.5 Å². The Hall–Kier alpha value is -1.80. The highest BCUT2D eigenvalue weighted by atomic mass is 32.2. The first-order valence-electron chi connectivity index (χ1n) is 10.1. The fourth-order valence-electron chi connectivity index (χ4n) is 4.02. The minimum atomic E-state index is -3.15. The number of carbonyl (C=O) groups is 1. The summed E-state index contributed by atoms with van der Waals surface area (Å²) in [7, 11) is -3.15. The van der Waals surface area contributed by atoms with E-state index in [1.807, 2.05) is 13.8 Å². The molecule has 156 valence electrons. The van der Waals surface area contributed by atoms with Gasteiger partial charge < -0.3 is 14.8 Å². The average Bonchev–Trinajstić information content (AvgIpc) is 2.98. The molecular weight excluding hydrogens is 380 g/mol. The summed E-state index contributed by atoms with van der Waals surface area (Å²) in [6.45, 7) is 6.51. The molecule has 0 saturated carbocycles. The first-order chi connectivity index (χ1) is 13.4. The lowest BCUT2D eigenvalue weighted by Gasteiger charge is -2.35. The van der Waals surface area contributed by atoms with Crippen LogP contribution in [0.25, 0.3) is 0 Å². The molecule has 0 spiro atoms. The number of rotatable bonds is 7. The van der Waals surface area contributed by atoms with Crippen molar-refractivity contribution < 1.29 is 22.7 Å². The number of nitrogens with one attached hydrogen (secondary N) is 1. The molecular formula is C20H30N2O5S. The van der Waals surface area contributed by atoms with Gasteiger partial charge in [-0.15, -0.1) is 0 Å². The Balaban J connectivity index is 1.75. The molecule has 7 nitrogen and oxygen atoms in total. The van der Waals surface area contributed by atoms with E-state index in [0.717, 1.165) is 25.9 Å². The molecule has 1 aromatic rings. The molecule has 0 bridgehead atoms. The maximum Gasteiger partial charge on any atom is 0.251 e. The molecule has 1 N–H and O–H groups in total. The van der Waals surface area contributed by atoms with Crippen molar-refractivity contribution in [2.75, 3.05) is 37.8 Å². The van der Waals surface area contributed by atoms with E-state index >= 15 is 0 Å². The molecule has 3 rings (SSSR count). The van der Waals surface area contributed by atoms with E-state index in [0.29, 0.717) is 30.3 Å². The molecule has 2 aliphatic rings. The van der Waals surface area contributed by atoms with E-state index < -0.39 is 15.9 Å². The fraction of sp³-hybridized carbons (Fsp3) is 0.650. The van der Waals surface area contributed by atoms with Crippen LogP contribution < -0.4 is 14.8 Å². The normalized spacial score (nSPS) is 24.6. The van der Waals surface area contributed by atoms with Gasteiger partial charge in [-0.05, 0) is 58.0 Å². The summed E-state index contributed by atoms with van der Waals surface area (Å²) in [5.41, 5.74) is 0.439. The van der Waals surface area contributed by atoms with Crippen LogP contribution in [-0.4, -0.2) is 69.1 Å². The molecule has 1 amide bonds. The van der Waals surface area contributed by atoms with Crippen molar-refractivity contribution >= 4 is 15.7 Å². The maximum absolute atomic E-state index is 12.8. The van der Waals surface area contributed by atoms with E-state index in [2.05, 4.69) is 10.2 Å². The summed E-state index contributed by atoms with van der Waals surface area (Å²) in [6, 6.07) is 4.52. The van der Waals surface area contributed by atoms with E-state index in [-0.39, 0.29) is 23.5 Å². The van der Waals surface area contributed by atoms with Crippen molar-refractivity contribution in [2.24, 2.45) is 0 Å². The van der Waals surface area contributed by atoms with Gasteiger partial charge in [-0.2, -0.15) is 0 Å². The predicted molar refractivity (Wildman–Crippen MR) is 108 cm³/mol. The van der Waals surface area contributed by atoms with Crippen LogP contribution in [0.1, 0.15) is 43.5 Å². The van der Waals surface area contributed by atoms with Crippen molar-refractivity contribution in [3.63, 3.8) is 0 Å². The van der Waals surface area contributed by atoms with E-state index in [1.165, 1.54) is 6.42 Å². The molecule has 2 fully saturated rings. The molecule has 0 aromatic heterocycles. The molecule has 0 aliphatic carbocycles. The van der Waals surface area contributed by atoms with Crippen molar-refractivity contribution in [2.45, 2.75) is 45.2 Å². The number of amides is 1. The largest absolute Gasteiger partial charge is 0.490 e. The van der Waals surface area contributed by atoms with Gasteiger partial charge in [0, 0.05) is 11.6 Å². The molecule has 2 aliphatic heterocycles. The Bertz CT molecular complexity index is 790. The first kappa shape index (κ1) is 20.9. The Morgan fingerprint density at radius 1 is 1.07 bits per heavy atom. The highest BCUT2D eigenvalue weighted by Gasteiger charge is 2.42. The Kier molecular flexibility index (Phi) is 6.82. The van der Waals surface area contributed by atoms with Gasteiger partial charge in [0.25, 0.3) is 5.91 Å². The second kappa shape index (κ2) is 9.13. The second-order valence-corrected chi connectivity index (χ2v) is 9.50. The highest BCUT2D eigenvalue weighted by molar-refractivity contribution is 7.91. The first-order valence-corrected chi connectivity index (χ1v) is 11.9. The van der Waals surface area contributed by atoms with Gasteiger partial charge in [0.2, 0.25) is 0 Å². The van der Waals surface area contributed by atoms with Gasteiger partial charge in [-0.25, -0.2) is 8.42 Å². The zero-order valence-corrected chi connectivity index (χ0v) is 17.5. The van der Waals surface area contributed by atoms with E-state index in [1.54, 1.807) is 18.2 Å². The third kappa shape index (κ3) is 4.97. The van der Waals surface area contributed by atoms with E-state index in [4.69, 9.17) is 9.47 Å².